The van der Waals surface area contributed by atoms with Crippen LogP contribution in [0.1, 0.15) is 5.56 Å². The standard InChI is InChI=1S/C8H6BrClN4O/c9-5-1-3-4(7(11)14-15)2-12-8(3)13-6(5)10/h1-2,15H,(H2,11,14)(H,12,13). The molecule has 0 atom stereocenters. The van der Waals surface area contributed by atoms with Crippen molar-refractivity contribution in [3.8, 4) is 0 Å². The molecule has 0 aliphatic carbocycles. The van der Waals surface area contributed by atoms with E-state index >= 15 is 0 Å². The lowest BCUT2D eigenvalue weighted by Crippen LogP contribution is -2.12. The van der Waals surface area contributed by atoms with Crippen LogP contribution in [-0.4, -0.2) is 21.0 Å². The largest absolute Gasteiger partial charge is 0.409 e. The van der Waals surface area contributed by atoms with E-state index in [1.807, 2.05) is 0 Å². The minimum atomic E-state index is 0.0253. The molecule has 0 aliphatic rings. The topological polar surface area (TPSA) is 87.3 Å². The van der Waals surface area contributed by atoms with Gasteiger partial charge in [0.25, 0.3) is 0 Å². The van der Waals surface area contributed by atoms with E-state index in [0.29, 0.717) is 20.8 Å². The van der Waals surface area contributed by atoms with Gasteiger partial charge in [0.1, 0.15) is 10.8 Å². The van der Waals surface area contributed by atoms with Crippen LogP contribution in [0.25, 0.3) is 11.0 Å². The zero-order chi connectivity index (χ0) is 11.0. The Morgan fingerprint density at radius 1 is 1.67 bits per heavy atom. The molecule has 0 amide bonds. The Kier molecular flexibility index (Phi) is 2.54. The van der Waals surface area contributed by atoms with Crippen LogP contribution in [-0.2, 0) is 0 Å². The van der Waals surface area contributed by atoms with Crippen molar-refractivity contribution in [3.05, 3.63) is 27.5 Å². The number of halogens is 2. The van der Waals surface area contributed by atoms with E-state index in [9.17, 15) is 0 Å². The number of nitrogens with zero attached hydrogens (tertiary/aromatic N) is 2. The molecule has 7 heteroatoms. The number of fused-ring (bicyclic) bond motifs is 1. The molecule has 0 bridgehead atoms. The minimum absolute atomic E-state index is 0.0253. The van der Waals surface area contributed by atoms with Crippen LogP contribution in [0.4, 0.5) is 0 Å². The van der Waals surface area contributed by atoms with E-state index in [0.717, 1.165) is 5.39 Å². The number of H-pyrrole nitrogens is 1. The molecule has 0 unspecified atom stereocenters. The number of hydrogen-bond acceptors (Lipinski definition) is 3. The normalized spacial score (nSPS) is 12.3. The lowest BCUT2D eigenvalue weighted by atomic mass is 10.2. The summed E-state index contributed by atoms with van der Waals surface area (Å²) < 4.78 is 0.656. The van der Waals surface area contributed by atoms with Crippen molar-refractivity contribution >= 4 is 44.4 Å². The van der Waals surface area contributed by atoms with Gasteiger partial charge in [0.05, 0.1) is 4.47 Å². The molecule has 0 radical (unpaired) electrons. The highest BCUT2D eigenvalue weighted by atomic mass is 79.9. The molecule has 2 aromatic heterocycles. The van der Waals surface area contributed by atoms with Crippen molar-refractivity contribution in [2.75, 3.05) is 0 Å². The van der Waals surface area contributed by atoms with E-state index in [1.54, 1.807) is 12.3 Å². The minimum Gasteiger partial charge on any atom is -0.409 e. The Hall–Kier alpha value is -1.27. The molecule has 2 rings (SSSR count). The number of nitrogens with one attached hydrogen (secondary N) is 1. The Morgan fingerprint density at radius 2 is 2.40 bits per heavy atom. The van der Waals surface area contributed by atoms with Crippen LogP contribution >= 0.6 is 27.5 Å². The zero-order valence-electron chi connectivity index (χ0n) is 7.33. The highest BCUT2D eigenvalue weighted by Crippen LogP contribution is 2.26. The summed E-state index contributed by atoms with van der Waals surface area (Å²) in [5, 5.41) is 12.6. The molecule has 78 valence electrons. The first kappa shape index (κ1) is 10.3. The van der Waals surface area contributed by atoms with Crippen molar-refractivity contribution in [2.45, 2.75) is 0 Å². The molecule has 2 aromatic rings. The van der Waals surface area contributed by atoms with Crippen molar-refractivity contribution in [1.82, 2.24) is 9.97 Å². The monoisotopic (exact) mass is 288 g/mol. The summed E-state index contributed by atoms with van der Waals surface area (Å²) in [5.41, 5.74) is 6.67. The fraction of sp³-hybridized carbons (Fsp3) is 0. The van der Waals surface area contributed by atoms with Gasteiger partial charge in [-0.05, 0) is 22.0 Å². The fourth-order valence-corrected chi connectivity index (χ4v) is 1.72. The molecule has 0 fully saturated rings. The SMILES string of the molecule is N/C(=N\O)c1c[nH]c2nc(Cl)c(Br)cc12. The third-order valence-corrected chi connectivity index (χ3v) is 3.08. The molecular weight excluding hydrogens is 283 g/mol. The number of aromatic amines is 1. The summed E-state index contributed by atoms with van der Waals surface area (Å²) in [6.07, 6.45) is 1.61. The summed E-state index contributed by atoms with van der Waals surface area (Å²) in [4.78, 5) is 6.97. The number of hydrogen-bond donors (Lipinski definition) is 3. The van der Waals surface area contributed by atoms with Crippen LogP contribution in [0.3, 0.4) is 0 Å². The van der Waals surface area contributed by atoms with Gasteiger partial charge in [-0.3, -0.25) is 0 Å². The molecule has 15 heavy (non-hydrogen) atoms. The Balaban J connectivity index is 2.75. The Morgan fingerprint density at radius 3 is 3.07 bits per heavy atom. The number of aromatic nitrogens is 2. The summed E-state index contributed by atoms with van der Waals surface area (Å²) >= 11 is 9.08. The first-order valence-corrected chi connectivity index (χ1v) is 5.11. The van der Waals surface area contributed by atoms with E-state index in [2.05, 4.69) is 31.1 Å². The number of nitrogens with two attached hydrogens (primary N) is 1. The lowest BCUT2D eigenvalue weighted by Gasteiger charge is -1.98. The zero-order valence-corrected chi connectivity index (χ0v) is 9.67. The fourth-order valence-electron chi connectivity index (χ4n) is 1.27. The molecule has 5 nitrogen and oxygen atoms in total. The third kappa shape index (κ3) is 1.66. The number of amidine groups is 1. The maximum atomic E-state index is 8.58. The van der Waals surface area contributed by atoms with E-state index in [4.69, 9.17) is 22.5 Å². The maximum Gasteiger partial charge on any atom is 0.172 e. The van der Waals surface area contributed by atoms with Crippen molar-refractivity contribution in [2.24, 2.45) is 10.9 Å². The second-order valence-electron chi connectivity index (χ2n) is 2.84. The van der Waals surface area contributed by atoms with Crippen LogP contribution in [0.15, 0.2) is 21.9 Å². The second kappa shape index (κ2) is 3.71. The molecule has 0 saturated heterocycles. The van der Waals surface area contributed by atoms with Gasteiger partial charge in [-0.25, -0.2) is 4.98 Å². The van der Waals surface area contributed by atoms with Gasteiger partial charge in [-0.15, -0.1) is 0 Å². The maximum absolute atomic E-state index is 8.58. The summed E-state index contributed by atoms with van der Waals surface area (Å²) in [6, 6.07) is 1.76. The van der Waals surface area contributed by atoms with Crippen LogP contribution in [0.2, 0.25) is 5.15 Å². The molecule has 4 N–H and O–H groups in total. The van der Waals surface area contributed by atoms with Gasteiger partial charge < -0.3 is 15.9 Å². The molecule has 2 heterocycles. The van der Waals surface area contributed by atoms with Crippen molar-refractivity contribution < 1.29 is 5.21 Å². The number of oxime groups is 1. The molecule has 0 aliphatic heterocycles. The highest BCUT2D eigenvalue weighted by molar-refractivity contribution is 9.10. The Labute approximate surface area is 98.1 Å². The number of pyridine rings is 1. The van der Waals surface area contributed by atoms with E-state index < -0.39 is 0 Å². The number of rotatable bonds is 1. The van der Waals surface area contributed by atoms with Gasteiger partial charge in [-0.2, -0.15) is 0 Å². The average molecular weight is 290 g/mol. The molecular formula is C8H6BrClN4O. The molecule has 0 spiro atoms. The summed E-state index contributed by atoms with van der Waals surface area (Å²) in [7, 11) is 0. The molecule has 0 saturated carbocycles. The van der Waals surface area contributed by atoms with Crippen LogP contribution in [0, 0.1) is 0 Å². The van der Waals surface area contributed by atoms with Gasteiger partial charge in [-0.1, -0.05) is 16.8 Å². The average Bonchev–Trinajstić information content (AvgIpc) is 2.61. The van der Waals surface area contributed by atoms with Gasteiger partial charge in [0.2, 0.25) is 0 Å². The van der Waals surface area contributed by atoms with Gasteiger partial charge in [0, 0.05) is 17.1 Å². The van der Waals surface area contributed by atoms with E-state index in [-0.39, 0.29) is 5.84 Å². The second-order valence-corrected chi connectivity index (χ2v) is 4.06. The van der Waals surface area contributed by atoms with Crippen LogP contribution < -0.4 is 5.73 Å². The summed E-state index contributed by atoms with van der Waals surface area (Å²) in [6.45, 7) is 0. The first-order chi connectivity index (χ1) is 7.13. The smallest absolute Gasteiger partial charge is 0.172 e. The predicted octanol–water partition coefficient (Wildman–Crippen LogP) is 2.07. The Bertz CT molecular complexity index is 551. The highest BCUT2D eigenvalue weighted by Gasteiger charge is 2.11. The quantitative estimate of drug-likeness (QED) is 0.247. The van der Waals surface area contributed by atoms with Crippen LogP contribution in [0.5, 0.6) is 0 Å². The van der Waals surface area contributed by atoms with Gasteiger partial charge >= 0.3 is 0 Å². The predicted molar refractivity (Wildman–Crippen MR) is 61.3 cm³/mol. The molecule has 0 aromatic carbocycles. The van der Waals surface area contributed by atoms with Crippen molar-refractivity contribution in [3.63, 3.8) is 0 Å². The lowest BCUT2D eigenvalue weighted by molar-refractivity contribution is 0.318. The third-order valence-electron chi connectivity index (χ3n) is 1.96. The van der Waals surface area contributed by atoms with Crippen molar-refractivity contribution in [1.29, 1.82) is 0 Å². The first-order valence-electron chi connectivity index (χ1n) is 3.94. The summed E-state index contributed by atoms with van der Waals surface area (Å²) in [5.74, 6) is 0.0253. The van der Waals surface area contributed by atoms with Gasteiger partial charge in [0.15, 0.2) is 5.84 Å². The van der Waals surface area contributed by atoms with E-state index in [1.165, 1.54) is 0 Å².